The van der Waals surface area contributed by atoms with Crippen molar-refractivity contribution in [3.8, 4) is 11.5 Å². The number of nitrogens with zero attached hydrogens (tertiary/aromatic N) is 3. The number of anilines is 1. The number of piperidine rings is 1. The highest BCUT2D eigenvalue weighted by Gasteiger charge is 2.25. The number of carbonyl (C=O) groups excluding carboxylic acids is 1. The fourth-order valence-electron chi connectivity index (χ4n) is 3.46. The van der Waals surface area contributed by atoms with E-state index in [1.54, 1.807) is 11.0 Å². The van der Waals surface area contributed by atoms with Crippen LogP contribution in [0.3, 0.4) is 0 Å². The molecule has 1 aromatic heterocycles. The SMILES string of the molecule is CC1CN(C(=O)Nc2nnc(-c3ccccc3)o2)CCC1=Cc1cc(F)cc(Cl)c1. The Hall–Kier alpha value is -3.19. The van der Waals surface area contributed by atoms with Crippen molar-refractivity contribution < 1.29 is 13.6 Å². The summed E-state index contributed by atoms with van der Waals surface area (Å²) in [5, 5.41) is 10.9. The molecular weight excluding hydrogens is 407 g/mol. The van der Waals surface area contributed by atoms with E-state index in [1.807, 2.05) is 43.3 Å². The number of carbonyl (C=O) groups is 1. The standard InChI is InChI=1S/C22H20ClFN4O2/c1-14-13-28(8-7-17(14)9-15-10-18(23)12-19(24)11-15)22(29)25-21-27-26-20(30-21)16-5-3-2-4-6-16/h2-6,9-12,14H,7-8,13H2,1H3,(H,25,27,29). The van der Waals surface area contributed by atoms with E-state index in [9.17, 15) is 9.18 Å². The van der Waals surface area contributed by atoms with Crippen molar-refractivity contribution >= 4 is 29.7 Å². The average molecular weight is 427 g/mol. The maximum absolute atomic E-state index is 13.6. The summed E-state index contributed by atoms with van der Waals surface area (Å²) in [5.74, 6) is 0.0965. The van der Waals surface area contributed by atoms with E-state index in [1.165, 1.54) is 12.1 Å². The molecule has 2 heterocycles. The van der Waals surface area contributed by atoms with Gasteiger partial charge in [0.25, 0.3) is 0 Å². The van der Waals surface area contributed by atoms with Crippen molar-refractivity contribution in [3.05, 3.63) is 70.5 Å². The third-order valence-electron chi connectivity index (χ3n) is 4.98. The van der Waals surface area contributed by atoms with Gasteiger partial charge in [-0.25, -0.2) is 9.18 Å². The lowest BCUT2D eigenvalue weighted by Crippen LogP contribution is -2.42. The fraction of sp³-hybridized carbons (Fsp3) is 0.227. The molecule has 0 spiro atoms. The zero-order valence-corrected chi connectivity index (χ0v) is 17.1. The molecule has 1 N–H and O–H groups in total. The average Bonchev–Trinajstić information content (AvgIpc) is 3.18. The third kappa shape index (κ3) is 4.68. The second-order valence-electron chi connectivity index (χ2n) is 7.23. The number of nitrogens with one attached hydrogen (secondary N) is 1. The minimum atomic E-state index is -0.367. The highest BCUT2D eigenvalue weighted by Crippen LogP contribution is 2.27. The second kappa shape index (κ2) is 8.67. The highest BCUT2D eigenvalue weighted by atomic mass is 35.5. The molecule has 4 rings (SSSR count). The van der Waals surface area contributed by atoms with Gasteiger partial charge in [-0.15, -0.1) is 5.10 Å². The number of amides is 2. The Morgan fingerprint density at radius 2 is 2.07 bits per heavy atom. The van der Waals surface area contributed by atoms with Gasteiger partial charge in [0.15, 0.2) is 0 Å². The van der Waals surface area contributed by atoms with Gasteiger partial charge >= 0.3 is 12.0 Å². The molecule has 2 aromatic carbocycles. The number of hydrogen-bond donors (Lipinski definition) is 1. The normalized spacial score (nSPS) is 17.9. The number of urea groups is 1. The Kier molecular flexibility index (Phi) is 5.81. The van der Waals surface area contributed by atoms with E-state index in [0.717, 1.165) is 16.7 Å². The van der Waals surface area contributed by atoms with Crippen LogP contribution in [-0.4, -0.2) is 34.2 Å². The molecule has 2 amide bonds. The summed E-state index contributed by atoms with van der Waals surface area (Å²) in [7, 11) is 0. The lowest BCUT2D eigenvalue weighted by molar-refractivity contribution is 0.197. The molecule has 0 bridgehead atoms. The van der Waals surface area contributed by atoms with Crippen LogP contribution in [0.15, 0.2) is 58.5 Å². The van der Waals surface area contributed by atoms with Crippen LogP contribution < -0.4 is 5.32 Å². The van der Waals surface area contributed by atoms with Crippen LogP contribution in [0.2, 0.25) is 5.02 Å². The summed E-state index contributed by atoms with van der Waals surface area (Å²) in [4.78, 5) is 14.3. The van der Waals surface area contributed by atoms with Crippen LogP contribution in [0, 0.1) is 11.7 Å². The Morgan fingerprint density at radius 1 is 1.27 bits per heavy atom. The Bertz CT molecular complexity index is 1060. The lowest BCUT2D eigenvalue weighted by atomic mass is 9.91. The van der Waals surface area contributed by atoms with Crippen molar-refractivity contribution in [2.75, 3.05) is 18.4 Å². The largest absolute Gasteiger partial charge is 0.403 e. The van der Waals surface area contributed by atoms with E-state index in [-0.39, 0.29) is 23.8 Å². The maximum atomic E-state index is 13.6. The van der Waals surface area contributed by atoms with E-state index in [0.29, 0.717) is 30.4 Å². The molecular formula is C22H20ClFN4O2. The number of halogens is 2. The maximum Gasteiger partial charge on any atom is 0.325 e. The number of rotatable bonds is 3. The van der Waals surface area contributed by atoms with Crippen molar-refractivity contribution in [1.29, 1.82) is 0 Å². The van der Waals surface area contributed by atoms with Crippen molar-refractivity contribution in [3.63, 3.8) is 0 Å². The van der Waals surface area contributed by atoms with Crippen LogP contribution in [-0.2, 0) is 0 Å². The molecule has 0 aliphatic carbocycles. The van der Waals surface area contributed by atoms with Gasteiger partial charge in [0.1, 0.15) is 5.82 Å². The fourth-order valence-corrected chi connectivity index (χ4v) is 3.69. The van der Waals surface area contributed by atoms with E-state index >= 15 is 0 Å². The molecule has 30 heavy (non-hydrogen) atoms. The summed E-state index contributed by atoms with van der Waals surface area (Å²) >= 11 is 5.94. The van der Waals surface area contributed by atoms with E-state index in [2.05, 4.69) is 15.5 Å². The molecule has 1 fully saturated rings. The summed E-state index contributed by atoms with van der Waals surface area (Å²) < 4.78 is 19.1. The van der Waals surface area contributed by atoms with Gasteiger partial charge in [-0.05, 0) is 48.2 Å². The quantitative estimate of drug-likeness (QED) is 0.601. The molecule has 6 nitrogen and oxygen atoms in total. The minimum Gasteiger partial charge on any atom is -0.403 e. The topological polar surface area (TPSA) is 71.3 Å². The van der Waals surface area contributed by atoms with E-state index < -0.39 is 0 Å². The van der Waals surface area contributed by atoms with Crippen LogP contribution in [0.5, 0.6) is 0 Å². The second-order valence-corrected chi connectivity index (χ2v) is 7.66. The first-order valence-corrected chi connectivity index (χ1v) is 9.97. The first kappa shape index (κ1) is 20.1. The predicted octanol–water partition coefficient (Wildman–Crippen LogP) is 5.49. The van der Waals surface area contributed by atoms with E-state index in [4.69, 9.17) is 16.0 Å². The Balaban J connectivity index is 1.39. The molecule has 1 aliphatic rings. The summed E-state index contributed by atoms with van der Waals surface area (Å²) in [5.41, 5.74) is 2.65. The van der Waals surface area contributed by atoms with Gasteiger partial charge in [-0.2, -0.15) is 0 Å². The molecule has 0 saturated carbocycles. The predicted molar refractivity (Wildman–Crippen MR) is 113 cm³/mol. The Labute approximate surface area is 178 Å². The lowest BCUT2D eigenvalue weighted by Gasteiger charge is -2.32. The van der Waals surface area contributed by atoms with Crippen LogP contribution in [0.1, 0.15) is 18.9 Å². The van der Waals surface area contributed by atoms with Crippen LogP contribution in [0.25, 0.3) is 17.5 Å². The zero-order valence-electron chi connectivity index (χ0n) is 16.3. The van der Waals surface area contributed by atoms with Gasteiger partial charge in [0, 0.05) is 23.7 Å². The van der Waals surface area contributed by atoms with Gasteiger partial charge in [-0.1, -0.05) is 53.5 Å². The number of hydrogen-bond acceptors (Lipinski definition) is 4. The third-order valence-corrected chi connectivity index (χ3v) is 5.20. The van der Waals surface area contributed by atoms with Crippen molar-refractivity contribution in [1.82, 2.24) is 15.1 Å². The zero-order chi connectivity index (χ0) is 21.1. The number of likely N-dealkylation sites (tertiary alicyclic amines) is 1. The highest BCUT2D eigenvalue weighted by molar-refractivity contribution is 6.30. The Morgan fingerprint density at radius 3 is 2.80 bits per heavy atom. The number of aromatic nitrogens is 2. The molecule has 0 radical (unpaired) electrons. The molecule has 154 valence electrons. The summed E-state index contributed by atoms with van der Waals surface area (Å²) in [6.07, 6.45) is 2.63. The molecule has 1 saturated heterocycles. The smallest absolute Gasteiger partial charge is 0.325 e. The molecule has 1 unspecified atom stereocenters. The monoisotopic (exact) mass is 426 g/mol. The molecule has 1 atom stereocenters. The molecule has 3 aromatic rings. The van der Waals surface area contributed by atoms with Crippen LogP contribution in [0.4, 0.5) is 15.2 Å². The van der Waals surface area contributed by atoms with Gasteiger partial charge < -0.3 is 9.32 Å². The van der Waals surface area contributed by atoms with Gasteiger partial charge in [0.05, 0.1) is 0 Å². The summed E-state index contributed by atoms with van der Waals surface area (Å²) in [6.45, 7) is 3.09. The first-order chi connectivity index (χ1) is 14.5. The number of benzene rings is 2. The molecule has 8 heteroatoms. The first-order valence-electron chi connectivity index (χ1n) is 9.59. The summed E-state index contributed by atoms with van der Waals surface area (Å²) in [6, 6.07) is 13.6. The van der Waals surface area contributed by atoms with Crippen molar-refractivity contribution in [2.24, 2.45) is 5.92 Å². The van der Waals surface area contributed by atoms with Crippen LogP contribution >= 0.6 is 11.6 Å². The van der Waals surface area contributed by atoms with Crippen molar-refractivity contribution in [2.45, 2.75) is 13.3 Å². The molecule has 1 aliphatic heterocycles. The van der Waals surface area contributed by atoms with Gasteiger partial charge in [0.2, 0.25) is 5.89 Å². The minimum absolute atomic E-state index is 0.0576. The van der Waals surface area contributed by atoms with Gasteiger partial charge in [-0.3, -0.25) is 5.32 Å².